The number of nitrogens with one attached hydrogen (secondary N) is 1. The Morgan fingerprint density at radius 3 is 3.15 bits per heavy atom. The molecule has 13 heavy (non-hydrogen) atoms. The summed E-state index contributed by atoms with van der Waals surface area (Å²) in [5.41, 5.74) is 0. The van der Waals surface area contributed by atoms with Crippen LogP contribution in [0.25, 0.3) is 0 Å². The summed E-state index contributed by atoms with van der Waals surface area (Å²) in [5, 5.41) is 7.16. The van der Waals surface area contributed by atoms with Crippen molar-refractivity contribution in [2.45, 2.75) is 25.3 Å². The second kappa shape index (κ2) is 3.79. The van der Waals surface area contributed by atoms with Gasteiger partial charge in [-0.05, 0) is 24.5 Å². The van der Waals surface area contributed by atoms with Gasteiger partial charge < -0.3 is 14.6 Å². The quantitative estimate of drug-likeness (QED) is 0.752. The minimum Gasteiger partial charge on any atom is -0.479 e. The third kappa shape index (κ3) is 1.83. The van der Waals surface area contributed by atoms with Crippen molar-refractivity contribution in [2.75, 3.05) is 13.7 Å². The molecular formula is C9H14N2O2. The first-order valence-electron chi connectivity index (χ1n) is 4.64. The number of methoxy groups -OCH3 is 1. The molecule has 1 saturated heterocycles. The highest BCUT2D eigenvalue weighted by atomic mass is 16.5. The first-order valence-corrected chi connectivity index (χ1v) is 4.64. The van der Waals surface area contributed by atoms with Crippen molar-refractivity contribution in [1.29, 1.82) is 0 Å². The predicted molar refractivity (Wildman–Crippen MR) is 47.6 cm³/mol. The van der Waals surface area contributed by atoms with Crippen LogP contribution in [0.3, 0.4) is 0 Å². The Bertz CT molecular complexity index is 266. The molecule has 0 saturated carbocycles. The molecule has 1 atom stereocenters. The second-order valence-electron chi connectivity index (χ2n) is 3.27. The molecule has 0 spiro atoms. The standard InChI is InChI=1S/C9H14N2O2/c1-12-9-6-8(13-11-9)7-4-2-3-5-10-7/h6-7,10H,2-5H2,1H3. The predicted octanol–water partition coefficient (Wildman–Crippen LogP) is 1.50. The van der Waals surface area contributed by atoms with Crippen molar-refractivity contribution in [1.82, 2.24) is 10.5 Å². The molecule has 2 heterocycles. The zero-order chi connectivity index (χ0) is 9.10. The summed E-state index contributed by atoms with van der Waals surface area (Å²) in [6.07, 6.45) is 3.63. The van der Waals surface area contributed by atoms with Crippen LogP contribution < -0.4 is 10.1 Å². The molecule has 4 heteroatoms. The molecule has 0 aliphatic carbocycles. The Kier molecular flexibility index (Phi) is 2.49. The van der Waals surface area contributed by atoms with Gasteiger partial charge in [-0.25, -0.2) is 0 Å². The van der Waals surface area contributed by atoms with Crippen LogP contribution in [0.2, 0.25) is 0 Å². The minimum absolute atomic E-state index is 0.324. The molecule has 72 valence electrons. The van der Waals surface area contributed by atoms with Crippen molar-refractivity contribution >= 4 is 0 Å². The van der Waals surface area contributed by atoms with Gasteiger partial charge in [-0.2, -0.15) is 0 Å². The van der Waals surface area contributed by atoms with Gasteiger partial charge in [0, 0.05) is 6.07 Å². The van der Waals surface area contributed by atoms with Crippen molar-refractivity contribution in [3.8, 4) is 5.88 Å². The van der Waals surface area contributed by atoms with Crippen LogP contribution in [0.4, 0.5) is 0 Å². The van der Waals surface area contributed by atoms with E-state index in [1.807, 2.05) is 6.07 Å². The molecule has 1 unspecified atom stereocenters. The Morgan fingerprint density at radius 2 is 2.54 bits per heavy atom. The van der Waals surface area contributed by atoms with Crippen molar-refractivity contribution in [3.63, 3.8) is 0 Å². The number of ether oxygens (including phenoxy) is 1. The van der Waals surface area contributed by atoms with Crippen LogP contribution in [-0.4, -0.2) is 18.8 Å². The van der Waals surface area contributed by atoms with Crippen LogP contribution >= 0.6 is 0 Å². The van der Waals surface area contributed by atoms with Crippen LogP contribution in [0, 0.1) is 0 Å². The first kappa shape index (κ1) is 8.56. The average molecular weight is 182 g/mol. The second-order valence-corrected chi connectivity index (χ2v) is 3.27. The lowest BCUT2D eigenvalue weighted by atomic mass is 10.0. The molecule has 0 amide bonds. The van der Waals surface area contributed by atoms with E-state index in [1.54, 1.807) is 7.11 Å². The van der Waals surface area contributed by atoms with Crippen LogP contribution in [-0.2, 0) is 0 Å². The summed E-state index contributed by atoms with van der Waals surface area (Å²) in [7, 11) is 1.59. The lowest BCUT2D eigenvalue weighted by Gasteiger charge is -2.20. The van der Waals surface area contributed by atoms with E-state index >= 15 is 0 Å². The van der Waals surface area contributed by atoms with Gasteiger partial charge in [0.05, 0.1) is 13.2 Å². The summed E-state index contributed by atoms with van der Waals surface area (Å²) in [6, 6.07) is 2.17. The fraction of sp³-hybridized carbons (Fsp3) is 0.667. The van der Waals surface area contributed by atoms with Gasteiger partial charge in [0.25, 0.3) is 5.88 Å². The Labute approximate surface area is 77.2 Å². The summed E-state index contributed by atoms with van der Waals surface area (Å²) in [6.45, 7) is 1.06. The molecule has 1 aliphatic heterocycles. The van der Waals surface area contributed by atoms with Gasteiger partial charge in [0.1, 0.15) is 0 Å². The normalized spacial score (nSPS) is 23.0. The van der Waals surface area contributed by atoms with Crippen molar-refractivity contribution in [3.05, 3.63) is 11.8 Å². The lowest BCUT2D eigenvalue weighted by molar-refractivity contribution is 0.288. The highest BCUT2D eigenvalue weighted by Gasteiger charge is 2.19. The molecule has 1 aliphatic rings. The molecule has 0 radical (unpaired) electrons. The van der Waals surface area contributed by atoms with Crippen LogP contribution in [0.5, 0.6) is 5.88 Å². The van der Waals surface area contributed by atoms with E-state index < -0.39 is 0 Å². The van der Waals surface area contributed by atoms with Crippen molar-refractivity contribution < 1.29 is 9.26 Å². The van der Waals surface area contributed by atoms with Gasteiger partial charge in [-0.1, -0.05) is 6.42 Å². The van der Waals surface area contributed by atoms with Crippen LogP contribution in [0.15, 0.2) is 10.6 Å². The van der Waals surface area contributed by atoms with E-state index in [0.717, 1.165) is 18.7 Å². The van der Waals surface area contributed by atoms with Gasteiger partial charge in [-0.3, -0.25) is 0 Å². The molecule has 4 nitrogen and oxygen atoms in total. The molecule has 1 aromatic rings. The number of nitrogens with zero attached hydrogens (tertiary/aromatic N) is 1. The van der Waals surface area contributed by atoms with Gasteiger partial charge in [0.15, 0.2) is 5.76 Å². The summed E-state index contributed by atoms with van der Waals surface area (Å²) in [5.74, 6) is 1.44. The maximum atomic E-state index is 5.16. The smallest absolute Gasteiger partial charge is 0.254 e. The van der Waals surface area contributed by atoms with Gasteiger partial charge in [0.2, 0.25) is 0 Å². The third-order valence-corrected chi connectivity index (χ3v) is 2.37. The topological polar surface area (TPSA) is 47.3 Å². The first-order chi connectivity index (χ1) is 6.40. The number of aromatic nitrogens is 1. The monoisotopic (exact) mass is 182 g/mol. The van der Waals surface area contributed by atoms with Gasteiger partial charge in [-0.15, -0.1) is 0 Å². The minimum atomic E-state index is 0.324. The largest absolute Gasteiger partial charge is 0.479 e. The van der Waals surface area contributed by atoms with Crippen LogP contribution in [0.1, 0.15) is 31.1 Å². The summed E-state index contributed by atoms with van der Waals surface area (Å²) >= 11 is 0. The molecule has 2 rings (SSSR count). The molecule has 0 aromatic carbocycles. The van der Waals surface area contributed by atoms with Gasteiger partial charge >= 0.3 is 0 Å². The highest BCUT2D eigenvalue weighted by molar-refractivity contribution is 5.14. The zero-order valence-corrected chi connectivity index (χ0v) is 7.75. The number of hydrogen-bond acceptors (Lipinski definition) is 4. The van der Waals surface area contributed by atoms with E-state index in [-0.39, 0.29) is 0 Å². The van der Waals surface area contributed by atoms with E-state index in [2.05, 4.69) is 10.5 Å². The fourth-order valence-electron chi connectivity index (χ4n) is 1.63. The molecule has 1 N–H and O–H groups in total. The van der Waals surface area contributed by atoms with E-state index in [9.17, 15) is 0 Å². The summed E-state index contributed by atoms with van der Waals surface area (Å²) in [4.78, 5) is 0. The zero-order valence-electron chi connectivity index (χ0n) is 7.75. The maximum absolute atomic E-state index is 5.16. The molecule has 1 fully saturated rings. The number of rotatable bonds is 2. The van der Waals surface area contributed by atoms with E-state index in [4.69, 9.17) is 9.26 Å². The summed E-state index contributed by atoms with van der Waals surface area (Å²) < 4.78 is 10.1. The Morgan fingerprint density at radius 1 is 1.62 bits per heavy atom. The van der Waals surface area contributed by atoms with Crippen molar-refractivity contribution in [2.24, 2.45) is 0 Å². The Hall–Kier alpha value is -1.03. The lowest BCUT2D eigenvalue weighted by Crippen LogP contribution is -2.26. The molecular weight excluding hydrogens is 168 g/mol. The highest BCUT2D eigenvalue weighted by Crippen LogP contribution is 2.25. The number of hydrogen-bond donors (Lipinski definition) is 1. The fourth-order valence-corrected chi connectivity index (χ4v) is 1.63. The average Bonchev–Trinajstić information content (AvgIpc) is 2.67. The third-order valence-electron chi connectivity index (χ3n) is 2.37. The van der Waals surface area contributed by atoms with E-state index in [1.165, 1.54) is 12.8 Å². The maximum Gasteiger partial charge on any atom is 0.254 e. The SMILES string of the molecule is COc1cc(C2CCCCN2)on1. The number of piperidine rings is 1. The molecule has 1 aromatic heterocycles. The Balaban J connectivity index is 2.05. The molecule has 0 bridgehead atoms. The van der Waals surface area contributed by atoms with E-state index in [0.29, 0.717) is 11.9 Å².